The van der Waals surface area contributed by atoms with Crippen molar-refractivity contribution in [2.24, 2.45) is 0 Å². The maximum Gasteiger partial charge on any atom is 0.0952 e. The minimum atomic E-state index is -0.512. The smallest absolute Gasteiger partial charge is 0.0952 e. The Kier molecular flexibility index (Phi) is 5.01. The van der Waals surface area contributed by atoms with Crippen LogP contribution in [0.4, 0.5) is 0 Å². The minimum absolute atomic E-state index is 0.337. The maximum absolute atomic E-state index is 9.41. The lowest BCUT2D eigenvalue weighted by atomic mass is 9.92. The van der Waals surface area contributed by atoms with Crippen molar-refractivity contribution in [2.45, 2.75) is 56.8 Å². The summed E-state index contributed by atoms with van der Waals surface area (Å²) in [6, 6.07) is 0.720. The summed E-state index contributed by atoms with van der Waals surface area (Å²) in [5.74, 6) is 0. The Morgan fingerprint density at radius 1 is 1.29 bits per heavy atom. The highest BCUT2D eigenvalue weighted by molar-refractivity contribution is 4.84. The van der Waals surface area contributed by atoms with Crippen LogP contribution in [0.1, 0.15) is 38.5 Å². The van der Waals surface area contributed by atoms with Gasteiger partial charge in [0.15, 0.2) is 0 Å². The van der Waals surface area contributed by atoms with E-state index in [2.05, 4.69) is 11.5 Å². The third kappa shape index (κ3) is 3.80. The molecule has 3 unspecified atom stereocenters. The molecule has 0 bridgehead atoms. The first kappa shape index (κ1) is 13.1. The fourth-order valence-electron chi connectivity index (χ4n) is 3.01. The van der Waals surface area contributed by atoms with Gasteiger partial charge in [-0.1, -0.05) is 6.08 Å². The molecule has 0 spiro atoms. The number of ether oxygens (including phenoxy) is 1. The zero-order valence-corrected chi connectivity index (χ0v) is 10.7. The number of likely N-dealkylation sites (tertiary alicyclic amines) is 1. The summed E-state index contributed by atoms with van der Waals surface area (Å²) in [5.41, 5.74) is 0. The van der Waals surface area contributed by atoms with Crippen molar-refractivity contribution in [1.29, 1.82) is 0 Å². The van der Waals surface area contributed by atoms with E-state index in [1.165, 1.54) is 38.8 Å². The first-order valence-corrected chi connectivity index (χ1v) is 6.96. The molecule has 1 heterocycles. The molecule has 2 aliphatic rings. The fourth-order valence-corrected chi connectivity index (χ4v) is 3.01. The number of aliphatic hydroxyl groups excluding tert-OH is 1. The van der Waals surface area contributed by atoms with Crippen molar-refractivity contribution in [3.05, 3.63) is 12.7 Å². The van der Waals surface area contributed by atoms with Crippen molar-refractivity contribution in [1.82, 2.24) is 4.90 Å². The van der Waals surface area contributed by atoms with Crippen LogP contribution in [0.3, 0.4) is 0 Å². The van der Waals surface area contributed by atoms with E-state index < -0.39 is 6.10 Å². The van der Waals surface area contributed by atoms with Gasteiger partial charge in [-0.15, -0.1) is 6.58 Å². The first-order chi connectivity index (χ1) is 8.29. The SMILES string of the molecule is C=CC(O)COC1CCCC(N2CCCC2)C1. The second-order valence-corrected chi connectivity index (χ2v) is 5.32. The summed E-state index contributed by atoms with van der Waals surface area (Å²) >= 11 is 0. The molecule has 2 fully saturated rings. The number of nitrogens with zero attached hydrogens (tertiary/aromatic N) is 1. The average Bonchev–Trinajstić information content (AvgIpc) is 2.90. The van der Waals surface area contributed by atoms with Gasteiger partial charge in [-0.3, -0.25) is 0 Å². The number of hydrogen-bond acceptors (Lipinski definition) is 3. The number of hydrogen-bond donors (Lipinski definition) is 1. The Balaban J connectivity index is 1.74. The largest absolute Gasteiger partial charge is 0.387 e. The second-order valence-electron chi connectivity index (χ2n) is 5.32. The van der Waals surface area contributed by atoms with E-state index in [4.69, 9.17) is 4.74 Å². The minimum Gasteiger partial charge on any atom is -0.387 e. The molecule has 3 nitrogen and oxygen atoms in total. The Hall–Kier alpha value is -0.380. The molecule has 17 heavy (non-hydrogen) atoms. The average molecular weight is 239 g/mol. The quantitative estimate of drug-likeness (QED) is 0.744. The summed E-state index contributed by atoms with van der Waals surface area (Å²) in [4.78, 5) is 2.62. The first-order valence-electron chi connectivity index (χ1n) is 6.96. The lowest BCUT2D eigenvalue weighted by Gasteiger charge is -2.35. The van der Waals surface area contributed by atoms with Crippen LogP contribution in [0.15, 0.2) is 12.7 Å². The zero-order chi connectivity index (χ0) is 12.1. The van der Waals surface area contributed by atoms with Crippen LogP contribution in [-0.2, 0) is 4.74 Å². The standard InChI is InChI=1S/C14H25NO2/c1-2-13(16)11-17-14-7-5-6-12(10-14)15-8-3-4-9-15/h2,12-14,16H,1,3-11H2. The molecule has 2 rings (SSSR count). The van der Waals surface area contributed by atoms with Gasteiger partial charge >= 0.3 is 0 Å². The highest BCUT2D eigenvalue weighted by atomic mass is 16.5. The molecule has 1 aliphatic heterocycles. The van der Waals surface area contributed by atoms with E-state index in [9.17, 15) is 5.11 Å². The van der Waals surface area contributed by atoms with Crippen molar-refractivity contribution in [2.75, 3.05) is 19.7 Å². The normalized spacial score (nSPS) is 32.5. The van der Waals surface area contributed by atoms with Crippen LogP contribution >= 0.6 is 0 Å². The topological polar surface area (TPSA) is 32.7 Å². The summed E-state index contributed by atoms with van der Waals surface area (Å²) in [6.45, 7) is 6.51. The lowest BCUT2D eigenvalue weighted by Crippen LogP contribution is -2.39. The number of rotatable bonds is 5. The molecule has 3 heteroatoms. The predicted molar refractivity (Wildman–Crippen MR) is 69.0 cm³/mol. The maximum atomic E-state index is 9.41. The number of aliphatic hydroxyl groups is 1. The van der Waals surface area contributed by atoms with Crippen LogP contribution < -0.4 is 0 Å². The molecule has 0 aromatic heterocycles. The molecule has 1 N–H and O–H groups in total. The van der Waals surface area contributed by atoms with Crippen molar-refractivity contribution in [3.63, 3.8) is 0 Å². The van der Waals surface area contributed by atoms with E-state index in [1.54, 1.807) is 6.08 Å². The van der Waals surface area contributed by atoms with Gasteiger partial charge in [-0.25, -0.2) is 0 Å². The van der Waals surface area contributed by atoms with E-state index in [0.29, 0.717) is 12.7 Å². The molecule has 0 radical (unpaired) electrons. The molecular formula is C14H25NO2. The van der Waals surface area contributed by atoms with Crippen molar-refractivity contribution in [3.8, 4) is 0 Å². The summed E-state index contributed by atoms with van der Waals surface area (Å²) in [5, 5.41) is 9.41. The van der Waals surface area contributed by atoms with E-state index >= 15 is 0 Å². The third-order valence-corrected chi connectivity index (χ3v) is 4.03. The zero-order valence-electron chi connectivity index (χ0n) is 10.7. The monoisotopic (exact) mass is 239 g/mol. The lowest BCUT2D eigenvalue weighted by molar-refractivity contribution is -0.0267. The van der Waals surface area contributed by atoms with Crippen LogP contribution in [0.5, 0.6) is 0 Å². The van der Waals surface area contributed by atoms with Gasteiger partial charge in [0.25, 0.3) is 0 Å². The highest BCUT2D eigenvalue weighted by Crippen LogP contribution is 2.27. The van der Waals surface area contributed by atoms with Crippen LogP contribution in [0.2, 0.25) is 0 Å². The molecular weight excluding hydrogens is 214 g/mol. The summed E-state index contributed by atoms with van der Waals surface area (Å²) in [7, 11) is 0. The molecule has 98 valence electrons. The van der Waals surface area contributed by atoms with Gasteiger partial charge in [0.1, 0.15) is 0 Å². The third-order valence-electron chi connectivity index (χ3n) is 4.03. The molecule has 0 amide bonds. The molecule has 1 saturated carbocycles. The van der Waals surface area contributed by atoms with Gasteiger partial charge in [-0.05, 0) is 51.6 Å². The van der Waals surface area contributed by atoms with E-state index in [0.717, 1.165) is 18.9 Å². The van der Waals surface area contributed by atoms with Gasteiger partial charge in [0, 0.05) is 6.04 Å². The van der Waals surface area contributed by atoms with Crippen LogP contribution in [0, 0.1) is 0 Å². The highest BCUT2D eigenvalue weighted by Gasteiger charge is 2.28. The second kappa shape index (κ2) is 6.53. The predicted octanol–water partition coefficient (Wildman–Crippen LogP) is 1.96. The van der Waals surface area contributed by atoms with E-state index in [1.807, 2.05) is 0 Å². The van der Waals surface area contributed by atoms with Crippen LogP contribution in [-0.4, -0.2) is 48.0 Å². The Labute approximate surface area is 104 Å². The molecule has 3 atom stereocenters. The fraction of sp³-hybridized carbons (Fsp3) is 0.857. The Morgan fingerprint density at radius 2 is 2.06 bits per heavy atom. The van der Waals surface area contributed by atoms with Gasteiger partial charge in [-0.2, -0.15) is 0 Å². The van der Waals surface area contributed by atoms with Crippen molar-refractivity contribution >= 4 is 0 Å². The molecule has 0 aromatic rings. The van der Waals surface area contributed by atoms with Gasteiger partial charge in [0.05, 0.1) is 18.8 Å². The molecule has 1 saturated heterocycles. The van der Waals surface area contributed by atoms with Crippen LogP contribution in [0.25, 0.3) is 0 Å². The summed E-state index contributed by atoms with van der Waals surface area (Å²) in [6.07, 6.45) is 8.96. The van der Waals surface area contributed by atoms with Gasteiger partial charge < -0.3 is 14.7 Å². The Bertz CT molecular complexity index is 238. The Morgan fingerprint density at radius 3 is 2.76 bits per heavy atom. The van der Waals surface area contributed by atoms with E-state index in [-0.39, 0.29) is 0 Å². The summed E-state index contributed by atoms with van der Waals surface area (Å²) < 4.78 is 5.78. The van der Waals surface area contributed by atoms with Gasteiger partial charge in [0.2, 0.25) is 0 Å². The van der Waals surface area contributed by atoms with Crippen molar-refractivity contribution < 1.29 is 9.84 Å². The molecule has 1 aliphatic carbocycles. The molecule has 0 aromatic carbocycles.